The minimum Gasteiger partial charge on any atom is -0.494 e. The number of nitrogens with zero attached hydrogens (tertiary/aromatic N) is 3. The van der Waals surface area contributed by atoms with Gasteiger partial charge in [-0.3, -0.25) is 4.79 Å². The van der Waals surface area contributed by atoms with Crippen molar-refractivity contribution in [2.75, 3.05) is 60.8 Å². The summed E-state index contributed by atoms with van der Waals surface area (Å²) in [5, 5.41) is 10.2. The highest BCUT2D eigenvalue weighted by Gasteiger charge is 2.26. The lowest BCUT2D eigenvalue weighted by Crippen LogP contribution is -2.36. The van der Waals surface area contributed by atoms with Gasteiger partial charge in [0.1, 0.15) is 23.2 Å². The number of benzene rings is 2. The molecular weight excluding hydrogens is 456 g/mol. The number of nitrogens with one attached hydrogen (secondary N) is 3. The monoisotopic (exact) mass is 488 g/mol. The molecule has 2 aromatic carbocycles. The highest BCUT2D eigenvalue weighted by atomic mass is 16.5. The molecule has 9 nitrogen and oxygen atoms in total. The number of aromatic nitrogens is 2. The van der Waals surface area contributed by atoms with Gasteiger partial charge in [0.05, 0.1) is 26.0 Å². The number of rotatable bonds is 8. The third-order valence-corrected chi connectivity index (χ3v) is 6.53. The standard InChI is InChI=1S/C27H32N6O3/c1-17-16-28-25-24(17)26(29-21-7-5-4-6-19(21)14-18(2)34)32-27(31-25)30-22-9-8-20(15-23(22)35-3)33-10-12-36-13-11-33/h4-9,15,17H,10-14,16H2,1-3H3,(H3,28,29,30,31,32). The fourth-order valence-electron chi connectivity index (χ4n) is 4.69. The zero-order valence-electron chi connectivity index (χ0n) is 20.9. The number of fused-ring (bicyclic) bond motifs is 1. The number of para-hydroxylation sites is 1. The molecule has 188 valence electrons. The molecule has 0 spiro atoms. The fraction of sp³-hybridized carbons (Fsp3) is 0.370. The lowest BCUT2D eigenvalue weighted by Gasteiger charge is -2.29. The van der Waals surface area contributed by atoms with Crippen molar-refractivity contribution in [3.63, 3.8) is 0 Å². The van der Waals surface area contributed by atoms with Crippen LogP contribution in [0.4, 0.5) is 34.6 Å². The van der Waals surface area contributed by atoms with E-state index < -0.39 is 0 Å². The van der Waals surface area contributed by atoms with Gasteiger partial charge in [-0.25, -0.2) is 0 Å². The normalized spacial score (nSPS) is 16.8. The number of morpholine rings is 1. The van der Waals surface area contributed by atoms with E-state index in [2.05, 4.69) is 33.8 Å². The summed E-state index contributed by atoms with van der Waals surface area (Å²) in [4.78, 5) is 23.7. The molecule has 1 aromatic heterocycles. The summed E-state index contributed by atoms with van der Waals surface area (Å²) in [6, 6.07) is 13.9. The zero-order chi connectivity index (χ0) is 25.1. The summed E-state index contributed by atoms with van der Waals surface area (Å²) in [5.41, 5.74) is 4.71. The number of Topliss-reactive ketones (excluding diaryl/α,β-unsaturated/α-hetero) is 1. The Labute approximate surface area is 211 Å². The number of hydrogen-bond acceptors (Lipinski definition) is 9. The Balaban J connectivity index is 1.46. The Morgan fingerprint density at radius 3 is 2.72 bits per heavy atom. The predicted molar refractivity (Wildman–Crippen MR) is 142 cm³/mol. The molecule has 0 amide bonds. The smallest absolute Gasteiger partial charge is 0.231 e. The Morgan fingerprint density at radius 1 is 1.14 bits per heavy atom. The van der Waals surface area contributed by atoms with Crippen molar-refractivity contribution in [3.8, 4) is 5.75 Å². The molecular formula is C27H32N6O3. The molecule has 0 radical (unpaired) electrons. The van der Waals surface area contributed by atoms with Crippen LogP contribution in [0.3, 0.4) is 0 Å². The fourth-order valence-corrected chi connectivity index (χ4v) is 4.69. The predicted octanol–water partition coefficient (Wildman–Crippen LogP) is 4.47. The molecule has 1 fully saturated rings. The van der Waals surface area contributed by atoms with Crippen molar-refractivity contribution in [3.05, 3.63) is 53.6 Å². The topological polar surface area (TPSA) is 101 Å². The van der Waals surface area contributed by atoms with Crippen LogP contribution in [0.1, 0.15) is 30.9 Å². The summed E-state index contributed by atoms with van der Waals surface area (Å²) in [6.45, 7) is 7.70. The lowest BCUT2D eigenvalue weighted by atomic mass is 10.0. The second-order valence-electron chi connectivity index (χ2n) is 9.21. The second-order valence-corrected chi connectivity index (χ2v) is 9.21. The number of ketones is 1. The van der Waals surface area contributed by atoms with Crippen LogP contribution in [-0.4, -0.2) is 55.7 Å². The molecule has 0 aliphatic carbocycles. The highest BCUT2D eigenvalue weighted by Crippen LogP contribution is 2.39. The summed E-state index contributed by atoms with van der Waals surface area (Å²) in [7, 11) is 1.66. The van der Waals surface area contributed by atoms with Gasteiger partial charge in [0.2, 0.25) is 5.95 Å². The lowest BCUT2D eigenvalue weighted by molar-refractivity contribution is -0.116. The molecule has 2 aliphatic rings. The average Bonchev–Trinajstić information content (AvgIpc) is 3.26. The number of ether oxygens (including phenoxy) is 2. The Kier molecular flexibility index (Phi) is 6.90. The van der Waals surface area contributed by atoms with Gasteiger partial charge >= 0.3 is 0 Å². The van der Waals surface area contributed by atoms with Crippen molar-refractivity contribution in [2.24, 2.45) is 0 Å². The van der Waals surface area contributed by atoms with E-state index in [-0.39, 0.29) is 11.7 Å². The maximum atomic E-state index is 11.8. The summed E-state index contributed by atoms with van der Waals surface area (Å²) in [6.07, 6.45) is 0.363. The van der Waals surface area contributed by atoms with E-state index in [4.69, 9.17) is 19.4 Å². The number of carbonyl (C=O) groups is 1. The van der Waals surface area contributed by atoms with Crippen LogP contribution in [0, 0.1) is 0 Å². The molecule has 0 saturated carbocycles. The number of methoxy groups -OCH3 is 1. The molecule has 1 saturated heterocycles. The van der Waals surface area contributed by atoms with Crippen LogP contribution in [0.2, 0.25) is 0 Å². The van der Waals surface area contributed by atoms with E-state index in [0.717, 1.165) is 72.7 Å². The van der Waals surface area contributed by atoms with Crippen molar-refractivity contribution in [2.45, 2.75) is 26.2 Å². The van der Waals surface area contributed by atoms with Gasteiger partial charge in [0.15, 0.2) is 0 Å². The third kappa shape index (κ3) is 5.06. The Bertz CT molecular complexity index is 1260. The number of hydrogen-bond donors (Lipinski definition) is 3. The first-order chi connectivity index (χ1) is 17.5. The van der Waals surface area contributed by atoms with Gasteiger partial charge in [-0.05, 0) is 30.7 Å². The van der Waals surface area contributed by atoms with E-state index >= 15 is 0 Å². The van der Waals surface area contributed by atoms with Crippen molar-refractivity contribution in [1.29, 1.82) is 0 Å². The maximum Gasteiger partial charge on any atom is 0.231 e. The summed E-state index contributed by atoms with van der Waals surface area (Å²) < 4.78 is 11.2. The summed E-state index contributed by atoms with van der Waals surface area (Å²) >= 11 is 0. The van der Waals surface area contributed by atoms with Gasteiger partial charge in [0.25, 0.3) is 0 Å². The third-order valence-electron chi connectivity index (χ3n) is 6.53. The molecule has 36 heavy (non-hydrogen) atoms. The molecule has 2 aliphatic heterocycles. The van der Waals surface area contributed by atoms with E-state index in [0.29, 0.717) is 18.1 Å². The van der Waals surface area contributed by atoms with Gasteiger partial charge in [0, 0.05) is 55.0 Å². The largest absolute Gasteiger partial charge is 0.494 e. The minimum absolute atomic E-state index is 0.113. The molecule has 3 heterocycles. The van der Waals surface area contributed by atoms with Crippen LogP contribution < -0.4 is 25.6 Å². The van der Waals surface area contributed by atoms with Crippen LogP contribution >= 0.6 is 0 Å². The van der Waals surface area contributed by atoms with Crippen LogP contribution in [0.15, 0.2) is 42.5 Å². The highest BCUT2D eigenvalue weighted by molar-refractivity contribution is 5.81. The van der Waals surface area contributed by atoms with Crippen molar-refractivity contribution < 1.29 is 14.3 Å². The van der Waals surface area contributed by atoms with E-state index in [1.54, 1.807) is 14.0 Å². The molecule has 1 unspecified atom stereocenters. The van der Waals surface area contributed by atoms with Crippen LogP contribution in [-0.2, 0) is 16.0 Å². The molecule has 1 atom stereocenters. The zero-order valence-corrected chi connectivity index (χ0v) is 20.9. The van der Waals surface area contributed by atoms with Gasteiger partial charge < -0.3 is 30.3 Å². The molecule has 5 rings (SSSR count). The molecule has 3 N–H and O–H groups in total. The molecule has 9 heteroatoms. The minimum atomic E-state index is 0.113. The van der Waals surface area contributed by atoms with E-state index in [1.165, 1.54) is 0 Å². The van der Waals surface area contributed by atoms with E-state index in [1.807, 2.05) is 36.4 Å². The molecule has 0 bridgehead atoms. The summed E-state index contributed by atoms with van der Waals surface area (Å²) in [5.74, 6) is 3.06. The second kappa shape index (κ2) is 10.4. The van der Waals surface area contributed by atoms with Crippen molar-refractivity contribution in [1.82, 2.24) is 9.97 Å². The van der Waals surface area contributed by atoms with Gasteiger partial charge in [-0.1, -0.05) is 25.1 Å². The van der Waals surface area contributed by atoms with Gasteiger partial charge in [-0.15, -0.1) is 0 Å². The first-order valence-electron chi connectivity index (χ1n) is 12.3. The van der Waals surface area contributed by atoms with Crippen LogP contribution in [0.25, 0.3) is 0 Å². The first-order valence-corrected chi connectivity index (χ1v) is 12.3. The van der Waals surface area contributed by atoms with Crippen LogP contribution in [0.5, 0.6) is 5.75 Å². The maximum absolute atomic E-state index is 11.8. The first kappa shape index (κ1) is 23.9. The number of carbonyl (C=O) groups excluding carboxylic acids is 1. The molecule has 3 aromatic rings. The SMILES string of the molecule is COc1cc(N2CCOCC2)ccc1Nc1nc2c(c(Nc3ccccc3CC(C)=O)n1)C(C)CN2. The average molecular weight is 489 g/mol. The Morgan fingerprint density at radius 2 is 1.94 bits per heavy atom. The number of anilines is 6. The quantitative estimate of drug-likeness (QED) is 0.424. The van der Waals surface area contributed by atoms with E-state index in [9.17, 15) is 4.79 Å². The Hall–Kier alpha value is -3.85. The van der Waals surface area contributed by atoms with Gasteiger partial charge in [-0.2, -0.15) is 9.97 Å². The van der Waals surface area contributed by atoms with Crippen molar-refractivity contribution >= 4 is 40.4 Å².